The molecule has 0 spiro atoms. The number of benzene rings is 1. The van der Waals surface area contributed by atoms with Gasteiger partial charge < -0.3 is 19.8 Å². The first-order valence-corrected chi connectivity index (χ1v) is 7.32. The van der Waals surface area contributed by atoms with E-state index in [1.807, 2.05) is 31.3 Å². The summed E-state index contributed by atoms with van der Waals surface area (Å²) in [5, 5.41) is 8.79. The molecule has 2 heterocycles. The topological polar surface area (TPSA) is 92.3 Å². The Kier molecular flexibility index (Phi) is 3.70. The summed E-state index contributed by atoms with van der Waals surface area (Å²) in [6.45, 7) is 0.365. The molecule has 1 aromatic heterocycles. The number of nitrogens with two attached hydrogens (primary N) is 1. The molecule has 1 atom stereocenters. The average molecular weight is 306 g/mol. The highest BCUT2D eigenvalue weighted by Crippen LogP contribution is 2.35. The third-order valence-electron chi connectivity index (χ3n) is 3.01. The summed E-state index contributed by atoms with van der Waals surface area (Å²) in [5.74, 6) is 1.83. The van der Waals surface area contributed by atoms with Crippen LogP contribution in [0.25, 0.3) is 0 Å². The van der Waals surface area contributed by atoms with Gasteiger partial charge in [0.25, 0.3) is 0 Å². The number of ether oxygens (including phenoxy) is 2. The minimum absolute atomic E-state index is 0.164. The summed E-state index contributed by atoms with van der Waals surface area (Å²) in [6, 6.07) is 7.48. The average Bonchev–Trinajstić information content (AvgIpc) is 2.85. The first kappa shape index (κ1) is 13.7. The molecular weight excluding hydrogens is 292 g/mol. The molecule has 0 saturated heterocycles. The molecule has 0 saturated carbocycles. The molecule has 3 rings (SSSR count). The van der Waals surface area contributed by atoms with Crippen molar-refractivity contribution in [1.29, 1.82) is 0 Å². The molecule has 110 valence electrons. The molecule has 0 aliphatic carbocycles. The minimum Gasteiger partial charge on any atom is -0.485 e. The summed E-state index contributed by atoms with van der Waals surface area (Å²) < 4.78 is 13.3. The molecule has 1 amide bonds. The fourth-order valence-corrected chi connectivity index (χ4v) is 2.67. The predicted octanol–water partition coefficient (Wildman–Crippen LogP) is 0.905. The van der Waals surface area contributed by atoms with Crippen LogP contribution in [0.5, 0.6) is 11.5 Å². The maximum absolute atomic E-state index is 10.8. The van der Waals surface area contributed by atoms with Crippen LogP contribution in [0, 0.1) is 0 Å². The Labute approximate surface area is 125 Å². The van der Waals surface area contributed by atoms with Crippen molar-refractivity contribution < 1.29 is 14.3 Å². The molecule has 2 aromatic rings. The zero-order chi connectivity index (χ0) is 14.8. The van der Waals surface area contributed by atoms with Crippen LogP contribution in [0.4, 0.5) is 0 Å². The number of thioether (sulfide) groups is 1. The van der Waals surface area contributed by atoms with Gasteiger partial charge in [-0.05, 0) is 12.1 Å². The molecule has 21 heavy (non-hydrogen) atoms. The zero-order valence-corrected chi connectivity index (χ0v) is 12.2. The van der Waals surface area contributed by atoms with Crippen LogP contribution in [-0.2, 0) is 11.8 Å². The second-order valence-electron chi connectivity index (χ2n) is 4.52. The highest BCUT2D eigenvalue weighted by molar-refractivity contribution is 7.99. The van der Waals surface area contributed by atoms with Crippen molar-refractivity contribution in [2.75, 3.05) is 12.4 Å². The van der Waals surface area contributed by atoms with Gasteiger partial charge in [0.1, 0.15) is 6.61 Å². The van der Waals surface area contributed by atoms with Gasteiger partial charge in [0.05, 0.1) is 5.75 Å². The molecule has 0 fully saturated rings. The minimum atomic E-state index is -0.393. The van der Waals surface area contributed by atoms with Crippen LogP contribution in [0.15, 0.2) is 29.4 Å². The summed E-state index contributed by atoms with van der Waals surface area (Å²) >= 11 is 1.24. The van der Waals surface area contributed by atoms with Crippen LogP contribution in [0.2, 0.25) is 0 Å². The zero-order valence-electron chi connectivity index (χ0n) is 11.4. The summed E-state index contributed by atoms with van der Waals surface area (Å²) in [7, 11) is 1.82. The number of amides is 1. The molecule has 0 bridgehead atoms. The van der Waals surface area contributed by atoms with Gasteiger partial charge in [-0.25, -0.2) is 0 Å². The molecule has 2 N–H and O–H groups in total. The van der Waals surface area contributed by atoms with Gasteiger partial charge in [0, 0.05) is 7.05 Å². The van der Waals surface area contributed by atoms with Gasteiger partial charge in [-0.15, -0.1) is 10.2 Å². The van der Waals surface area contributed by atoms with Gasteiger partial charge >= 0.3 is 0 Å². The van der Waals surface area contributed by atoms with Gasteiger partial charge in [-0.3, -0.25) is 4.79 Å². The number of fused-ring (bicyclic) bond motifs is 1. The second-order valence-corrected chi connectivity index (χ2v) is 5.46. The number of hydrogen-bond acceptors (Lipinski definition) is 6. The summed E-state index contributed by atoms with van der Waals surface area (Å²) in [6.07, 6.45) is -0.333. The largest absolute Gasteiger partial charge is 0.485 e. The van der Waals surface area contributed by atoms with E-state index in [2.05, 4.69) is 10.2 Å². The van der Waals surface area contributed by atoms with Crippen molar-refractivity contribution in [3.63, 3.8) is 0 Å². The molecule has 7 nitrogen and oxygen atoms in total. The van der Waals surface area contributed by atoms with Gasteiger partial charge in [-0.1, -0.05) is 23.9 Å². The molecule has 1 aromatic carbocycles. The number of primary amides is 1. The standard InChI is InChI=1S/C13H14N4O3S/c1-17-12(15-16-13(17)21-7-11(14)18)10-6-19-8-4-2-3-5-9(8)20-10/h2-5,10H,6-7H2,1H3,(H2,14,18). The van der Waals surface area contributed by atoms with Crippen molar-refractivity contribution in [3.05, 3.63) is 30.1 Å². The number of aromatic nitrogens is 3. The normalized spacial score (nSPS) is 16.7. The first-order valence-electron chi connectivity index (χ1n) is 6.34. The van der Waals surface area contributed by atoms with Crippen molar-refractivity contribution >= 4 is 17.7 Å². The van der Waals surface area contributed by atoms with E-state index < -0.39 is 5.91 Å². The van der Waals surface area contributed by atoms with Crippen LogP contribution in [0.3, 0.4) is 0 Å². The fraction of sp³-hybridized carbons (Fsp3) is 0.308. The van der Waals surface area contributed by atoms with E-state index in [1.54, 1.807) is 4.57 Å². The Balaban J connectivity index is 1.78. The first-order chi connectivity index (χ1) is 10.1. The third kappa shape index (κ3) is 2.80. The lowest BCUT2D eigenvalue weighted by Gasteiger charge is -2.25. The summed E-state index contributed by atoms with van der Waals surface area (Å²) in [4.78, 5) is 10.8. The Morgan fingerprint density at radius 3 is 2.95 bits per heavy atom. The van der Waals surface area contributed by atoms with Gasteiger partial charge in [0.15, 0.2) is 28.6 Å². The van der Waals surface area contributed by atoms with E-state index in [9.17, 15) is 4.79 Å². The number of para-hydroxylation sites is 2. The Bertz CT molecular complexity index is 673. The van der Waals surface area contributed by atoms with Gasteiger partial charge in [-0.2, -0.15) is 0 Å². The van der Waals surface area contributed by atoms with Crippen LogP contribution in [-0.4, -0.2) is 33.0 Å². The van der Waals surface area contributed by atoms with Crippen molar-refractivity contribution in [3.8, 4) is 11.5 Å². The van der Waals surface area contributed by atoms with Crippen LogP contribution >= 0.6 is 11.8 Å². The number of carbonyl (C=O) groups is 1. The number of rotatable bonds is 4. The highest BCUT2D eigenvalue weighted by Gasteiger charge is 2.27. The smallest absolute Gasteiger partial charge is 0.227 e. The predicted molar refractivity (Wildman–Crippen MR) is 76.2 cm³/mol. The van der Waals surface area contributed by atoms with Crippen molar-refractivity contribution in [2.24, 2.45) is 12.8 Å². The van der Waals surface area contributed by atoms with Crippen molar-refractivity contribution in [2.45, 2.75) is 11.3 Å². The molecule has 1 unspecified atom stereocenters. The second kappa shape index (κ2) is 5.65. The number of carbonyl (C=O) groups excluding carboxylic acids is 1. The Morgan fingerprint density at radius 1 is 1.43 bits per heavy atom. The third-order valence-corrected chi connectivity index (χ3v) is 4.05. The molecule has 0 radical (unpaired) electrons. The summed E-state index contributed by atoms with van der Waals surface area (Å²) in [5.41, 5.74) is 5.13. The van der Waals surface area contributed by atoms with E-state index in [0.29, 0.717) is 23.3 Å². The highest BCUT2D eigenvalue weighted by atomic mass is 32.2. The SMILES string of the molecule is Cn1c(SCC(N)=O)nnc1C1COc2ccccc2O1. The van der Waals surface area contributed by atoms with E-state index in [1.165, 1.54) is 11.8 Å². The fourth-order valence-electron chi connectivity index (χ4n) is 2.01. The quantitative estimate of drug-likeness (QED) is 0.844. The van der Waals surface area contributed by atoms with E-state index in [4.69, 9.17) is 15.2 Å². The Hall–Kier alpha value is -2.22. The lowest BCUT2D eigenvalue weighted by Crippen LogP contribution is -2.24. The van der Waals surface area contributed by atoms with Crippen LogP contribution < -0.4 is 15.2 Å². The lowest BCUT2D eigenvalue weighted by atomic mass is 10.2. The lowest BCUT2D eigenvalue weighted by molar-refractivity contribution is -0.115. The maximum atomic E-state index is 10.8. The van der Waals surface area contributed by atoms with Gasteiger partial charge in [0.2, 0.25) is 5.91 Å². The molecular formula is C13H14N4O3S. The number of nitrogens with zero attached hydrogens (tertiary/aromatic N) is 3. The molecule has 1 aliphatic heterocycles. The van der Waals surface area contributed by atoms with E-state index in [-0.39, 0.29) is 11.9 Å². The number of hydrogen-bond donors (Lipinski definition) is 1. The monoisotopic (exact) mass is 306 g/mol. The van der Waals surface area contributed by atoms with Crippen molar-refractivity contribution in [1.82, 2.24) is 14.8 Å². The van der Waals surface area contributed by atoms with Crippen LogP contribution in [0.1, 0.15) is 11.9 Å². The van der Waals surface area contributed by atoms with E-state index >= 15 is 0 Å². The maximum Gasteiger partial charge on any atom is 0.227 e. The molecule has 1 aliphatic rings. The molecule has 8 heteroatoms. The Morgan fingerprint density at radius 2 is 2.19 bits per heavy atom. The van der Waals surface area contributed by atoms with E-state index in [0.717, 1.165) is 5.75 Å².